The van der Waals surface area contributed by atoms with Gasteiger partial charge >= 0.3 is 0 Å². The largest absolute Gasteiger partial charge is 0.271 e. The highest BCUT2D eigenvalue weighted by molar-refractivity contribution is 5.74. The highest BCUT2D eigenvalue weighted by Gasteiger charge is 2.13. The van der Waals surface area contributed by atoms with Crippen molar-refractivity contribution in [2.45, 2.75) is 19.4 Å². The van der Waals surface area contributed by atoms with Gasteiger partial charge in [0.05, 0.1) is 17.1 Å². The van der Waals surface area contributed by atoms with Crippen LogP contribution < -0.4 is 11.3 Å². The predicted molar refractivity (Wildman–Crippen MR) is 84.5 cm³/mol. The van der Waals surface area contributed by atoms with Gasteiger partial charge < -0.3 is 0 Å². The van der Waals surface area contributed by atoms with Crippen molar-refractivity contribution in [3.8, 4) is 0 Å². The Morgan fingerprint density at radius 1 is 1.00 bits per heavy atom. The van der Waals surface area contributed by atoms with Crippen molar-refractivity contribution in [3.63, 3.8) is 0 Å². The van der Waals surface area contributed by atoms with Crippen molar-refractivity contribution in [2.75, 3.05) is 0 Å². The molecule has 2 aromatic carbocycles. The van der Waals surface area contributed by atoms with Crippen LogP contribution >= 0.6 is 0 Å². The van der Waals surface area contributed by atoms with E-state index < -0.39 is 0 Å². The highest BCUT2D eigenvalue weighted by atomic mass is 15.2. The van der Waals surface area contributed by atoms with Crippen molar-refractivity contribution >= 4 is 11.0 Å². The monoisotopic (exact) mass is 278 g/mol. The molecule has 1 atom stereocenters. The molecule has 0 amide bonds. The summed E-state index contributed by atoms with van der Waals surface area (Å²) in [4.78, 5) is 8.65. The third kappa shape index (κ3) is 2.77. The summed E-state index contributed by atoms with van der Waals surface area (Å²) in [6.07, 6.45) is 4.41. The molecule has 0 spiro atoms. The molecule has 0 aliphatic heterocycles. The van der Waals surface area contributed by atoms with Gasteiger partial charge in [-0.25, -0.2) is 5.43 Å². The Kier molecular flexibility index (Phi) is 3.90. The van der Waals surface area contributed by atoms with Crippen LogP contribution in [0.5, 0.6) is 0 Å². The summed E-state index contributed by atoms with van der Waals surface area (Å²) in [6.45, 7) is 2.15. The molecule has 106 valence electrons. The molecule has 1 heterocycles. The molecule has 0 bridgehead atoms. The third-order valence-electron chi connectivity index (χ3n) is 3.69. The Bertz CT molecular complexity index is 754. The van der Waals surface area contributed by atoms with Gasteiger partial charge in [-0.3, -0.25) is 15.8 Å². The molecule has 3 aromatic rings. The highest BCUT2D eigenvalue weighted by Crippen LogP contribution is 2.24. The zero-order valence-corrected chi connectivity index (χ0v) is 12.0. The minimum atomic E-state index is -0.0529. The SMILES string of the molecule is CCc1cccc(C(NN)c2ccc3nccnc3c2)c1. The summed E-state index contributed by atoms with van der Waals surface area (Å²) in [7, 11) is 0. The maximum absolute atomic E-state index is 5.79. The first-order valence-corrected chi connectivity index (χ1v) is 7.07. The van der Waals surface area contributed by atoms with E-state index in [1.807, 2.05) is 18.2 Å². The van der Waals surface area contributed by atoms with Crippen molar-refractivity contribution in [3.05, 3.63) is 71.5 Å². The van der Waals surface area contributed by atoms with Gasteiger partial charge in [0.2, 0.25) is 0 Å². The van der Waals surface area contributed by atoms with E-state index in [9.17, 15) is 0 Å². The van der Waals surface area contributed by atoms with Crippen LogP contribution in [0.1, 0.15) is 29.7 Å². The van der Waals surface area contributed by atoms with Crippen LogP contribution in [0.4, 0.5) is 0 Å². The van der Waals surface area contributed by atoms with Crippen molar-refractivity contribution in [2.24, 2.45) is 5.84 Å². The number of benzene rings is 2. The lowest BCUT2D eigenvalue weighted by atomic mass is 9.96. The Morgan fingerprint density at radius 2 is 1.76 bits per heavy atom. The lowest BCUT2D eigenvalue weighted by molar-refractivity contribution is 0.636. The van der Waals surface area contributed by atoms with Crippen LogP contribution in [0.25, 0.3) is 11.0 Å². The average Bonchev–Trinajstić information content (AvgIpc) is 2.56. The zero-order valence-electron chi connectivity index (χ0n) is 12.0. The van der Waals surface area contributed by atoms with Gasteiger partial charge in [0.15, 0.2) is 0 Å². The number of hydrogen-bond acceptors (Lipinski definition) is 4. The van der Waals surface area contributed by atoms with E-state index >= 15 is 0 Å². The molecule has 1 aromatic heterocycles. The van der Waals surface area contributed by atoms with Gasteiger partial charge in [0.25, 0.3) is 0 Å². The first kappa shape index (κ1) is 13.7. The molecule has 0 fully saturated rings. The third-order valence-corrected chi connectivity index (χ3v) is 3.69. The molecule has 4 heteroatoms. The number of fused-ring (bicyclic) bond motifs is 1. The number of hydrazine groups is 1. The second-order valence-electron chi connectivity index (χ2n) is 5.00. The van der Waals surface area contributed by atoms with E-state index in [0.29, 0.717) is 0 Å². The van der Waals surface area contributed by atoms with E-state index in [-0.39, 0.29) is 6.04 Å². The maximum atomic E-state index is 5.79. The van der Waals surface area contributed by atoms with Crippen LogP contribution in [-0.2, 0) is 6.42 Å². The van der Waals surface area contributed by atoms with Crippen LogP contribution in [0.3, 0.4) is 0 Å². The molecule has 0 saturated carbocycles. The molecule has 1 unspecified atom stereocenters. The van der Waals surface area contributed by atoms with Gasteiger partial charge in [-0.1, -0.05) is 37.3 Å². The molecule has 0 radical (unpaired) electrons. The average molecular weight is 278 g/mol. The van der Waals surface area contributed by atoms with Crippen molar-refractivity contribution in [1.29, 1.82) is 0 Å². The minimum Gasteiger partial charge on any atom is -0.271 e. The fourth-order valence-corrected chi connectivity index (χ4v) is 2.54. The molecule has 4 nitrogen and oxygen atoms in total. The smallest absolute Gasteiger partial charge is 0.0890 e. The molecule has 0 saturated heterocycles. The van der Waals surface area contributed by atoms with Crippen LogP contribution in [0.15, 0.2) is 54.9 Å². The molecule has 0 aliphatic rings. The van der Waals surface area contributed by atoms with Gasteiger partial charge in [0.1, 0.15) is 0 Å². The Morgan fingerprint density at radius 3 is 2.52 bits per heavy atom. The van der Waals surface area contributed by atoms with Gasteiger partial charge in [0, 0.05) is 12.4 Å². The standard InChI is InChI=1S/C17H18N4/c1-2-12-4-3-5-13(10-12)17(21-18)14-6-7-15-16(11-14)20-9-8-19-15/h3-11,17,21H,2,18H2,1H3. The van der Waals surface area contributed by atoms with E-state index in [2.05, 4.69) is 46.6 Å². The summed E-state index contributed by atoms with van der Waals surface area (Å²) in [6, 6.07) is 14.5. The van der Waals surface area contributed by atoms with Gasteiger partial charge in [-0.15, -0.1) is 0 Å². The van der Waals surface area contributed by atoms with Crippen LogP contribution in [0.2, 0.25) is 0 Å². The summed E-state index contributed by atoms with van der Waals surface area (Å²) < 4.78 is 0. The quantitative estimate of drug-likeness (QED) is 0.569. The number of rotatable bonds is 4. The lowest BCUT2D eigenvalue weighted by Gasteiger charge is -2.18. The molecular weight excluding hydrogens is 260 g/mol. The molecular formula is C17H18N4. The number of aryl methyl sites for hydroxylation is 1. The summed E-state index contributed by atoms with van der Waals surface area (Å²) in [5, 5.41) is 0. The lowest BCUT2D eigenvalue weighted by Crippen LogP contribution is -2.28. The Hall–Kier alpha value is -2.30. The first-order valence-electron chi connectivity index (χ1n) is 7.07. The summed E-state index contributed by atoms with van der Waals surface area (Å²) in [5.41, 5.74) is 8.20. The fourth-order valence-electron chi connectivity index (χ4n) is 2.54. The van der Waals surface area contributed by atoms with Crippen molar-refractivity contribution < 1.29 is 0 Å². The zero-order chi connectivity index (χ0) is 14.7. The number of nitrogens with zero attached hydrogens (tertiary/aromatic N) is 2. The van der Waals surface area contributed by atoms with E-state index in [1.54, 1.807) is 12.4 Å². The van der Waals surface area contributed by atoms with E-state index in [1.165, 1.54) is 5.56 Å². The van der Waals surface area contributed by atoms with E-state index in [0.717, 1.165) is 28.6 Å². The maximum Gasteiger partial charge on any atom is 0.0890 e. The summed E-state index contributed by atoms with van der Waals surface area (Å²) in [5.74, 6) is 5.79. The molecule has 3 N–H and O–H groups in total. The fraction of sp³-hybridized carbons (Fsp3) is 0.176. The van der Waals surface area contributed by atoms with Crippen molar-refractivity contribution in [1.82, 2.24) is 15.4 Å². The number of nitrogens with two attached hydrogens (primary N) is 1. The van der Waals surface area contributed by atoms with Gasteiger partial charge in [-0.2, -0.15) is 0 Å². The Labute approximate surface area is 124 Å². The summed E-state index contributed by atoms with van der Waals surface area (Å²) >= 11 is 0. The molecule has 3 rings (SSSR count). The second kappa shape index (κ2) is 5.99. The normalized spacial score (nSPS) is 12.5. The Balaban J connectivity index is 2.04. The number of nitrogens with one attached hydrogen (secondary N) is 1. The second-order valence-corrected chi connectivity index (χ2v) is 5.00. The van der Waals surface area contributed by atoms with Gasteiger partial charge in [-0.05, 0) is 35.2 Å². The van der Waals surface area contributed by atoms with E-state index in [4.69, 9.17) is 5.84 Å². The van der Waals surface area contributed by atoms with Crippen LogP contribution in [-0.4, -0.2) is 9.97 Å². The first-order chi connectivity index (χ1) is 10.3. The number of hydrogen-bond donors (Lipinski definition) is 2. The molecule has 21 heavy (non-hydrogen) atoms. The molecule has 0 aliphatic carbocycles. The van der Waals surface area contributed by atoms with Crippen LogP contribution in [0, 0.1) is 0 Å². The number of aromatic nitrogens is 2. The minimum absolute atomic E-state index is 0.0529. The predicted octanol–water partition coefficient (Wildman–Crippen LogP) is 2.74. The topological polar surface area (TPSA) is 63.8 Å².